The first-order valence-corrected chi connectivity index (χ1v) is 8.65. The van der Waals surface area contributed by atoms with Gasteiger partial charge in [-0.05, 0) is 50.3 Å². The number of carbonyl (C=O) groups is 2. The third kappa shape index (κ3) is 3.13. The second kappa shape index (κ2) is 7.13. The Morgan fingerprint density at radius 3 is 2.35 bits per heavy atom. The number of hydrogen-bond acceptors (Lipinski definition) is 4. The van der Waals surface area contributed by atoms with Gasteiger partial charge in [-0.2, -0.15) is 0 Å². The van der Waals surface area contributed by atoms with Crippen LogP contribution in [0.4, 0.5) is 0 Å². The van der Waals surface area contributed by atoms with E-state index < -0.39 is 5.97 Å². The van der Waals surface area contributed by atoms with Gasteiger partial charge >= 0.3 is 5.97 Å². The van der Waals surface area contributed by atoms with E-state index in [1.807, 2.05) is 13.8 Å². The second-order valence-electron chi connectivity index (χ2n) is 5.69. The molecule has 1 saturated heterocycles. The van der Waals surface area contributed by atoms with Crippen LogP contribution in [0.25, 0.3) is 17.4 Å². The van der Waals surface area contributed by atoms with Crippen molar-refractivity contribution in [3.63, 3.8) is 0 Å². The Morgan fingerprint density at radius 1 is 1.12 bits per heavy atom. The van der Waals surface area contributed by atoms with E-state index in [0.717, 1.165) is 5.56 Å². The zero-order valence-corrected chi connectivity index (χ0v) is 15.2. The summed E-state index contributed by atoms with van der Waals surface area (Å²) in [5, 5.41) is 9.47. The van der Waals surface area contributed by atoms with E-state index in [9.17, 15) is 9.59 Å². The van der Waals surface area contributed by atoms with Crippen LogP contribution < -0.4 is 0 Å². The lowest BCUT2D eigenvalue weighted by molar-refractivity contribution is -0.122. The summed E-state index contributed by atoms with van der Waals surface area (Å²) in [6.45, 7) is 4.93. The van der Waals surface area contributed by atoms with Gasteiger partial charge in [0.25, 0.3) is 5.91 Å². The minimum atomic E-state index is -0.975. The Kier molecular flexibility index (Phi) is 4.90. The Balaban J connectivity index is 1.90. The van der Waals surface area contributed by atoms with Gasteiger partial charge in [0.2, 0.25) is 0 Å². The van der Waals surface area contributed by atoms with E-state index >= 15 is 0 Å². The van der Waals surface area contributed by atoms with Gasteiger partial charge in [-0.1, -0.05) is 12.1 Å². The molecule has 0 aliphatic carbocycles. The van der Waals surface area contributed by atoms with Gasteiger partial charge in [-0.25, -0.2) is 4.79 Å². The van der Waals surface area contributed by atoms with Crippen LogP contribution in [0, 0.1) is 0 Å². The van der Waals surface area contributed by atoms with Crippen LogP contribution in [0.1, 0.15) is 30.0 Å². The lowest BCUT2D eigenvalue weighted by Crippen LogP contribution is -2.32. The van der Waals surface area contributed by atoms with Crippen molar-refractivity contribution in [1.29, 1.82) is 0 Å². The van der Waals surface area contributed by atoms with Crippen molar-refractivity contribution in [2.45, 2.75) is 13.8 Å². The third-order valence-electron chi connectivity index (χ3n) is 4.17. The Labute approximate surface area is 156 Å². The fourth-order valence-electron chi connectivity index (χ4n) is 2.81. The minimum Gasteiger partial charge on any atom is -0.478 e. The highest BCUT2D eigenvalue weighted by Crippen LogP contribution is 2.27. The molecule has 1 aromatic carbocycles. The van der Waals surface area contributed by atoms with Gasteiger partial charge in [-0.3, -0.25) is 9.69 Å². The molecule has 0 unspecified atom stereocenters. The molecule has 26 heavy (non-hydrogen) atoms. The quantitative estimate of drug-likeness (QED) is 0.642. The molecule has 1 amide bonds. The highest BCUT2D eigenvalue weighted by Gasteiger charge is 2.36. The number of carboxylic acids is 1. The van der Waals surface area contributed by atoms with Crippen molar-refractivity contribution >= 4 is 35.3 Å². The number of nitrogens with zero attached hydrogens (tertiary/aromatic N) is 2. The lowest BCUT2D eigenvalue weighted by Gasteiger charge is -2.16. The van der Waals surface area contributed by atoms with Crippen molar-refractivity contribution in [1.82, 2.24) is 9.80 Å². The molecule has 0 radical (unpaired) electrons. The van der Waals surface area contributed by atoms with E-state index in [2.05, 4.69) is 0 Å². The number of furan rings is 1. The average Bonchev–Trinajstić information content (AvgIpc) is 3.18. The maximum atomic E-state index is 12.5. The first-order chi connectivity index (χ1) is 12.5. The number of carbonyl (C=O) groups excluding carboxylic acids is 1. The molecule has 1 aliphatic heterocycles. The molecule has 1 aromatic heterocycles. The van der Waals surface area contributed by atoms with Crippen LogP contribution in [0.2, 0.25) is 0 Å². The predicted octanol–water partition coefficient (Wildman–Crippen LogP) is 3.45. The first kappa shape index (κ1) is 17.9. The Hall–Kier alpha value is -2.93. The molecular formula is C19H18N2O4S. The second-order valence-corrected chi connectivity index (χ2v) is 6.06. The molecule has 134 valence electrons. The van der Waals surface area contributed by atoms with Crippen molar-refractivity contribution < 1.29 is 19.1 Å². The SMILES string of the molecule is CCN1C(=O)/C(=C/c2ccc(-c3ccc(C(=O)O)cc3)o2)N(CC)C1=S. The highest BCUT2D eigenvalue weighted by molar-refractivity contribution is 7.80. The fourth-order valence-corrected chi connectivity index (χ4v) is 3.25. The fraction of sp³-hybridized carbons (Fsp3) is 0.211. The van der Waals surface area contributed by atoms with Crippen LogP contribution in [0.3, 0.4) is 0 Å². The van der Waals surface area contributed by atoms with E-state index in [-0.39, 0.29) is 11.5 Å². The standard InChI is InChI=1S/C19H18N2O4S/c1-3-20-15(17(22)21(4-2)19(20)26)11-14-9-10-16(25-14)12-5-7-13(8-6-12)18(23)24/h5-11H,3-4H2,1-2H3,(H,23,24)/b15-11-. The van der Waals surface area contributed by atoms with Gasteiger partial charge < -0.3 is 14.4 Å². The van der Waals surface area contributed by atoms with Gasteiger partial charge in [0, 0.05) is 24.7 Å². The lowest BCUT2D eigenvalue weighted by atomic mass is 10.1. The van der Waals surface area contributed by atoms with E-state index in [4.69, 9.17) is 21.7 Å². The molecular weight excluding hydrogens is 352 g/mol. The van der Waals surface area contributed by atoms with Crippen molar-refractivity contribution in [3.05, 3.63) is 53.4 Å². The normalized spacial score (nSPS) is 16.0. The zero-order valence-electron chi connectivity index (χ0n) is 14.4. The van der Waals surface area contributed by atoms with Crippen LogP contribution in [-0.4, -0.2) is 45.0 Å². The molecule has 1 aliphatic rings. The molecule has 0 spiro atoms. The van der Waals surface area contributed by atoms with Gasteiger partial charge in [0.1, 0.15) is 17.2 Å². The van der Waals surface area contributed by atoms with Crippen LogP contribution in [-0.2, 0) is 4.79 Å². The van der Waals surface area contributed by atoms with Crippen molar-refractivity contribution in [3.8, 4) is 11.3 Å². The maximum absolute atomic E-state index is 12.5. The number of thiocarbonyl (C=S) groups is 1. The highest BCUT2D eigenvalue weighted by atomic mass is 32.1. The number of rotatable bonds is 5. The van der Waals surface area contributed by atoms with E-state index in [1.54, 1.807) is 40.1 Å². The summed E-state index contributed by atoms with van der Waals surface area (Å²) in [5.41, 5.74) is 1.46. The molecule has 0 atom stereocenters. The molecule has 0 bridgehead atoms. The molecule has 2 heterocycles. The summed E-state index contributed by atoms with van der Waals surface area (Å²) < 4.78 is 5.81. The molecule has 3 rings (SSSR count). The topological polar surface area (TPSA) is 74.0 Å². The van der Waals surface area contributed by atoms with Crippen LogP contribution in [0.5, 0.6) is 0 Å². The van der Waals surface area contributed by atoms with Crippen LogP contribution in [0.15, 0.2) is 46.5 Å². The minimum absolute atomic E-state index is 0.136. The molecule has 0 saturated carbocycles. The van der Waals surface area contributed by atoms with Gasteiger partial charge in [0.05, 0.1) is 5.56 Å². The number of benzene rings is 1. The van der Waals surface area contributed by atoms with Gasteiger partial charge in [0.15, 0.2) is 5.11 Å². The molecule has 1 N–H and O–H groups in total. The summed E-state index contributed by atoms with van der Waals surface area (Å²) in [7, 11) is 0. The smallest absolute Gasteiger partial charge is 0.335 e. The molecule has 2 aromatic rings. The molecule has 6 nitrogen and oxygen atoms in total. The van der Waals surface area contributed by atoms with Crippen molar-refractivity contribution in [2.75, 3.05) is 13.1 Å². The third-order valence-corrected chi connectivity index (χ3v) is 4.61. The summed E-state index contributed by atoms with van der Waals surface area (Å²) in [5.74, 6) is 0.0162. The number of aromatic carboxylic acids is 1. The Bertz CT molecular complexity index is 899. The monoisotopic (exact) mass is 370 g/mol. The summed E-state index contributed by atoms with van der Waals surface area (Å²) in [6.07, 6.45) is 1.68. The summed E-state index contributed by atoms with van der Waals surface area (Å²) in [4.78, 5) is 26.8. The summed E-state index contributed by atoms with van der Waals surface area (Å²) in [6, 6.07) is 9.98. The largest absolute Gasteiger partial charge is 0.478 e. The first-order valence-electron chi connectivity index (χ1n) is 8.24. The Morgan fingerprint density at radius 2 is 1.77 bits per heavy atom. The number of amides is 1. The van der Waals surface area contributed by atoms with E-state index in [1.165, 1.54) is 12.1 Å². The summed E-state index contributed by atoms with van der Waals surface area (Å²) >= 11 is 5.36. The number of carboxylic acid groups (broad SMARTS) is 1. The number of hydrogen-bond donors (Lipinski definition) is 1. The maximum Gasteiger partial charge on any atom is 0.335 e. The van der Waals surface area contributed by atoms with Crippen molar-refractivity contribution in [2.24, 2.45) is 0 Å². The zero-order chi connectivity index (χ0) is 18.8. The van der Waals surface area contributed by atoms with Crippen LogP contribution >= 0.6 is 12.2 Å². The molecule has 1 fully saturated rings. The number of likely N-dealkylation sites (N-methyl/N-ethyl adjacent to an activating group) is 2. The molecule has 7 heteroatoms. The average molecular weight is 370 g/mol. The predicted molar refractivity (Wildman–Crippen MR) is 101 cm³/mol. The van der Waals surface area contributed by atoms with Gasteiger partial charge in [-0.15, -0.1) is 0 Å². The van der Waals surface area contributed by atoms with E-state index in [0.29, 0.717) is 35.4 Å².